The van der Waals surface area contributed by atoms with Crippen molar-refractivity contribution >= 4 is 23.5 Å². The van der Waals surface area contributed by atoms with Crippen molar-refractivity contribution in [3.8, 4) is 0 Å². The molecule has 6 heteroatoms. The lowest BCUT2D eigenvalue weighted by Crippen LogP contribution is -2.38. The molecule has 1 aromatic heterocycles. The molecular weight excluding hydrogens is 228 g/mol. The fourth-order valence-electron chi connectivity index (χ4n) is 1.92. The molecule has 0 radical (unpaired) electrons. The Labute approximate surface area is 97.7 Å². The number of nitrogens with two attached hydrogens (primary N) is 1. The second-order valence-electron chi connectivity index (χ2n) is 3.65. The lowest BCUT2D eigenvalue weighted by atomic mass is 10.1. The minimum atomic E-state index is -0.604. The number of hydrogen-bond acceptors (Lipinski definition) is 3. The first-order chi connectivity index (χ1) is 7.59. The van der Waals surface area contributed by atoms with Crippen molar-refractivity contribution in [1.82, 2.24) is 9.88 Å². The van der Waals surface area contributed by atoms with Gasteiger partial charge in [-0.2, -0.15) is 0 Å². The number of halogens is 1. The average molecular weight is 239 g/mol. The number of amidine groups is 1. The zero-order valence-corrected chi connectivity index (χ0v) is 9.24. The van der Waals surface area contributed by atoms with Crippen LogP contribution in [0.2, 0.25) is 5.02 Å². The Morgan fingerprint density at radius 3 is 3.00 bits per heavy atom. The van der Waals surface area contributed by atoms with Crippen LogP contribution in [-0.4, -0.2) is 21.8 Å². The van der Waals surface area contributed by atoms with E-state index >= 15 is 0 Å². The van der Waals surface area contributed by atoms with Crippen LogP contribution in [0.15, 0.2) is 18.5 Å². The molecule has 0 spiro atoms. The van der Waals surface area contributed by atoms with Crippen molar-refractivity contribution in [3.05, 3.63) is 29.0 Å². The largest absolute Gasteiger partial charge is 0.351 e. The maximum atomic E-state index is 11.2. The molecule has 5 nitrogen and oxygen atoms in total. The molecule has 0 bridgehead atoms. The number of amides is 2. The van der Waals surface area contributed by atoms with Crippen LogP contribution in [0, 0.1) is 5.41 Å². The van der Waals surface area contributed by atoms with E-state index in [1.54, 1.807) is 12.3 Å². The number of rotatable bonds is 1. The second kappa shape index (κ2) is 4.09. The van der Waals surface area contributed by atoms with Crippen LogP contribution in [0.25, 0.3) is 0 Å². The molecular formula is C10H11ClN4O. The molecule has 0 aromatic carbocycles. The lowest BCUT2D eigenvalue weighted by molar-refractivity contribution is 0.221. The topological polar surface area (TPSA) is 83.1 Å². The van der Waals surface area contributed by atoms with E-state index in [4.69, 9.17) is 22.7 Å². The van der Waals surface area contributed by atoms with E-state index in [1.807, 2.05) is 0 Å². The molecule has 1 saturated heterocycles. The molecule has 1 aliphatic rings. The number of nitrogens with zero attached hydrogens (tertiary/aromatic N) is 2. The predicted octanol–water partition coefficient (Wildman–Crippen LogP) is 1.93. The van der Waals surface area contributed by atoms with Crippen LogP contribution >= 0.6 is 11.6 Å². The third kappa shape index (κ3) is 1.86. The Morgan fingerprint density at radius 2 is 2.38 bits per heavy atom. The van der Waals surface area contributed by atoms with Crippen molar-refractivity contribution in [3.63, 3.8) is 0 Å². The summed E-state index contributed by atoms with van der Waals surface area (Å²) in [5, 5.41) is 8.16. The van der Waals surface area contributed by atoms with Crippen LogP contribution in [0.4, 0.5) is 4.79 Å². The molecule has 1 fully saturated rings. The zero-order chi connectivity index (χ0) is 11.7. The molecule has 1 atom stereocenters. The first-order valence-electron chi connectivity index (χ1n) is 4.86. The minimum Gasteiger partial charge on any atom is -0.351 e. The van der Waals surface area contributed by atoms with Gasteiger partial charge in [-0.15, -0.1) is 0 Å². The van der Waals surface area contributed by atoms with E-state index in [9.17, 15) is 4.79 Å². The average Bonchev–Trinajstić information content (AvgIpc) is 2.60. The molecule has 2 heterocycles. The fraction of sp³-hybridized carbons (Fsp3) is 0.300. The highest BCUT2D eigenvalue weighted by atomic mass is 35.5. The molecule has 0 saturated carbocycles. The van der Waals surface area contributed by atoms with E-state index < -0.39 is 6.03 Å². The van der Waals surface area contributed by atoms with Gasteiger partial charge < -0.3 is 5.73 Å². The van der Waals surface area contributed by atoms with Gasteiger partial charge in [-0.1, -0.05) is 11.6 Å². The fourth-order valence-corrected chi connectivity index (χ4v) is 2.11. The number of primary amides is 1. The number of likely N-dealkylation sites (tertiary alicyclic amines) is 1. The van der Waals surface area contributed by atoms with Gasteiger partial charge in [-0.05, 0) is 18.1 Å². The summed E-state index contributed by atoms with van der Waals surface area (Å²) in [5.41, 5.74) is 6.06. The summed E-state index contributed by atoms with van der Waals surface area (Å²) in [4.78, 5) is 16.5. The van der Waals surface area contributed by atoms with E-state index in [0.29, 0.717) is 17.9 Å². The Hall–Kier alpha value is -1.62. The predicted molar refractivity (Wildman–Crippen MR) is 60.4 cm³/mol. The smallest absolute Gasteiger partial charge is 0.320 e. The number of pyridine rings is 1. The number of urea groups is 1. The van der Waals surface area contributed by atoms with Crippen LogP contribution in [0.1, 0.15) is 24.4 Å². The Bertz CT molecular complexity index is 448. The summed E-state index contributed by atoms with van der Waals surface area (Å²) in [6.45, 7) is 0. The van der Waals surface area contributed by atoms with Gasteiger partial charge >= 0.3 is 6.03 Å². The molecule has 84 valence electrons. The standard InChI is InChI=1S/C10H11ClN4O/c11-7-3-6(4-14-5-7)8-1-2-9(12)15(8)10(13)16/h3-5,8,12H,1-2H2,(H2,13,16). The van der Waals surface area contributed by atoms with Crippen LogP contribution < -0.4 is 5.73 Å². The summed E-state index contributed by atoms with van der Waals surface area (Å²) in [5.74, 6) is 0.248. The molecule has 16 heavy (non-hydrogen) atoms. The van der Waals surface area contributed by atoms with Gasteiger partial charge in [-0.25, -0.2) is 4.79 Å². The third-order valence-electron chi connectivity index (χ3n) is 2.61. The molecule has 2 amide bonds. The van der Waals surface area contributed by atoms with Gasteiger partial charge in [0, 0.05) is 18.8 Å². The van der Waals surface area contributed by atoms with E-state index in [0.717, 1.165) is 5.56 Å². The van der Waals surface area contributed by atoms with E-state index in [2.05, 4.69) is 4.98 Å². The van der Waals surface area contributed by atoms with Gasteiger partial charge in [0.2, 0.25) is 0 Å². The molecule has 3 N–H and O–H groups in total. The van der Waals surface area contributed by atoms with Crippen molar-refractivity contribution < 1.29 is 4.79 Å². The lowest BCUT2D eigenvalue weighted by Gasteiger charge is -2.22. The molecule has 1 aromatic rings. The van der Waals surface area contributed by atoms with Crippen LogP contribution in [-0.2, 0) is 0 Å². The van der Waals surface area contributed by atoms with Crippen molar-refractivity contribution in [2.45, 2.75) is 18.9 Å². The highest BCUT2D eigenvalue weighted by molar-refractivity contribution is 6.30. The summed E-state index contributed by atoms with van der Waals surface area (Å²) in [6, 6.07) is 0.928. The molecule has 1 aliphatic heterocycles. The van der Waals surface area contributed by atoms with Gasteiger partial charge in [-0.3, -0.25) is 15.3 Å². The van der Waals surface area contributed by atoms with E-state index in [1.165, 1.54) is 11.1 Å². The highest BCUT2D eigenvalue weighted by Gasteiger charge is 2.33. The van der Waals surface area contributed by atoms with Gasteiger partial charge in [0.15, 0.2) is 0 Å². The van der Waals surface area contributed by atoms with Gasteiger partial charge in [0.25, 0.3) is 0 Å². The number of carbonyl (C=O) groups is 1. The Kier molecular flexibility index (Phi) is 2.78. The highest BCUT2D eigenvalue weighted by Crippen LogP contribution is 2.33. The van der Waals surface area contributed by atoms with Crippen molar-refractivity contribution in [2.75, 3.05) is 0 Å². The maximum Gasteiger partial charge on any atom is 0.320 e. The summed E-state index contributed by atoms with van der Waals surface area (Å²) < 4.78 is 0. The number of aromatic nitrogens is 1. The Balaban J connectivity index is 2.34. The van der Waals surface area contributed by atoms with Gasteiger partial charge in [0.05, 0.1) is 11.1 Å². The molecule has 0 aliphatic carbocycles. The summed E-state index contributed by atoms with van der Waals surface area (Å²) >= 11 is 5.84. The van der Waals surface area contributed by atoms with Crippen LogP contribution in [0.5, 0.6) is 0 Å². The Morgan fingerprint density at radius 1 is 1.62 bits per heavy atom. The second-order valence-corrected chi connectivity index (χ2v) is 4.08. The van der Waals surface area contributed by atoms with Crippen molar-refractivity contribution in [2.24, 2.45) is 5.73 Å². The third-order valence-corrected chi connectivity index (χ3v) is 2.81. The van der Waals surface area contributed by atoms with E-state index in [-0.39, 0.29) is 11.9 Å². The minimum absolute atomic E-state index is 0.212. The first-order valence-corrected chi connectivity index (χ1v) is 5.24. The first kappa shape index (κ1) is 10.9. The zero-order valence-electron chi connectivity index (χ0n) is 8.48. The monoisotopic (exact) mass is 238 g/mol. The van der Waals surface area contributed by atoms with Gasteiger partial charge in [0.1, 0.15) is 5.84 Å². The number of carbonyl (C=O) groups excluding carboxylic acids is 1. The normalized spacial score (nSPS) is 20.2. The number of hydrogen-bond donors (Lipinski definition) is 2. The molecule has 1 unspecified atom stereocenters. The summed E-state index contributed by atoms with van der Waals surface area (Å²) in [7, 11) is 0. The number of nitrogens with one attached hydrogen (secondary N) is 1. The maximum absolute atomic E-state index is 11.2. The molecule has 2 rings (SSSR count). The summed E-state index contributed by atoms with van der Waals surface area (Å²) in [6.07, 6.45) is 4.40. The quantitative estimate of drug-likeness (QED) is 0.784. The van der Waals surface area contributed by atoms with Crippen molar-refractivity contribution in [1.29, 1.82) is 5.41 Å². The van der Waals surface area contributed by atoms with Crippen LogP contribution in [0.3, 0.4) is 0 Å². The SMILES string of the molecule is N=C1CCC(c2cncc(Cl)c2)N1C(N)=O.